The van der Waals surface area contributed by atoms with Crippen molar-refractivity contribution >= 4 is 11.9 Å². The molecule has 3 fully saturated rings. The topological polar surface area (TPSA) is 89.9 Å². The maximum atomic E-state index is 13.4. The predicted octanol–water partition coefficient (Wildman–Crippen LogP) is 3.01. The van der Waals surface area contributed by atoms with Crippen LogP contribution in [0.15, 0.2) is 54.6 Å². The summed E-state index contributed by atoms with van der Waals surface area (Å²) < 4.78 is 0. The van der Waals surface area contributed by atoms with Crippen molar-refractivity contribution in [1.29, 1.82) is 0 Å². The van der Waals surface area contributed by atoms with Crippen LogP contribution in [0.5, 0.6) is 0 Å². The third kappa shape index (κ3) is 3.82. The molecule has 3 N–H and O–H groups in total. The highest BCUT2D eigenvalue weighted by atomic mass is 16.4. The molecule has 1 aliphatic heterocycles. The van der Waals surface area contributed by atoms with E-state index >= 15 is 0 Å². The molecule has 4 atom stereocenters. The average molecular weight is 435 g/mol. The number of benzene rings is 2. The minimum Gasteiger partial charge on any atom is -0.478 e. The van der Waals surface area contributed by atoms with Crippen molar-refractivity contribution in [1.82, 2.24) is 10.2 Å². The van der Waals surface area contributed by atoms with Gasteiger partial charge in [0.2, 0.25) is 0 Å². The summed E-state index contributed by atoms with van der Waals surface area (Å²) in [5.74, 6) is -0.355. The predicted molar refractivity (Wildman–Crippen MR) is 120 cm³/mol. The maximum absolute atomic E-state index is 13.4. The van der Waals surface area contributed by atoms with Gasteiger partial charge in [0.15, 0.2) is 5.60 Å². The van der Waals surface area contributed by atoms with Gasteiger partial charge in [0.25, 0.3) is 5.91 Å². The molecule has 0 aromatic heterocycles. The molecule has 3 unspecified atom stereocenters. The highest BCUT2D eigenvalue weighted by Gasteiger charge is 2.58. The lowest BCUT2D eigenvalue weighted by atomic mass is 9.79. The van der Waals surface area contributed by atoms with Crippen molar-refractivity contribution < 1.29 is 19.8 Å². The van der Waals surface area contributed by atoms with Crippen LogP contribution in [0.2, 0.25) is 0 Å². The number of hydrogen-bond donors (Lipinski definition) is 3. The molecule has 0 radical (unpaired) electrons. The average Bonchev–Trinajstić information content (AvgIpc) is 3.22. The monoisotopic (exact) mass is 434 g/mol. The molecular formula is C26H30N2O4. The van der Waals surface area contributed by atoms with Gasteiger partial charge in [0.05, 0.1) is 5.56 Å². The maximum Gasteiger partial charge on any atom is 0.335 e. The first-order valence-corrected chi connectivity index (χ1v) is 11.6. The Morgan fingerprint density at radius 2 is 1.59 bits per heavy atom. The highest BCUT2D eigenvalue weighted by Crippen LogP contribution is 2.47. The number of carboxylic acid groups (broad SMARTS) is 1. The molecule has 0 spiro atoms. The molecule has 32 heavy (non-hydrogen) atoms. The number of piperidine rings is 1. The molecule has 168 valence electrons. The Morgan fingerprint density at radius 3 is 2.19 bits per heavy atom. The van der Waals surface area contributed by atoms with Gasteiger partial charge >= 0.3 is 5.97 Å². The van der Waals surface area contributed by atoms with E-state index in [4.69, 9.17) is 5.11 Å². The number of carbonyl (C=O) groups excluding carboxylic acids is 1. The second kappa shape index (κ2) is 8.34. The number of carbonyl (C=O) groups is 2. The molecule has 0 bridgehead atoms. The zero-order valence-electron chi connectivity index (χ0n) is 18.1. The number of amides is 1. The van der Waals surface area contributed by atoms with Crippen LogP contribution in [-0.2, 0) is 16.9 Å². The molecule has 1 amide bonds. The molecule has 6 nitrogen and oxygen atoms in total. The van der Waals surface area contributed by atoms with E-state index in [0.29, 0.717) is 23.0 Å². The second-order valence-electron chi connectivity index (χ2n) is 9.64. The van der Waals surface area contributed by atoms with Crippen molar-refractivity contribution in [3.63, 3.8) is 0 Å². The lowest BCUT2D eigenvalue weighted by Crippen LogP contribution is -2.50. The largest absolute Gasteiger partial charge is 0.478 e. The molecule has 5 rings (SSSR count). The van der Waals surface area contributed by atoms with Crippen LogP contribution in [0.25, 0.3) is 0 Å². The van der Waals surface area contributed by atoms with Gasteiger partial charge < -0.3 is 15.5 Å². The summed E-state index contributed by atoms with van der Waals surface area (Å²) in [5, 5.41) is 23.9. The van der Waals surface area contributed by atoms with Crippen molar-refractivity contribution in [2.75, 3.05) is 13.1 Å². The van der Waals surface area contributed by atoms with Crippen LogP contribution in [0.4, 0.5) is 0 Å². The molecule has 1 heterocycles. The first kappa shape index (κ1) is 21.2. The number of nitrogens with one attached hydrogen (secondary N) is 1. The Balaban J connectivity index is 1.20. The second-order valence-corrected chi connectivity index (χ2v) is 9.64. The zero-order chi connectivity index (χ0) is 22.3. The summed E-state index contributed by atoms with van der Waals surface area (Å²) in [7, 11) is 0. The molecule has 2 aliphatic carbocycles. The number of carboxylic acids is 1. The Bertz CT molecular complexity index is 975. The number of fused-ring (bicyclic) bond motifs is 1. The first-order valence-electron chi connectivity index (χ1n) is 11.6. The van der Waals surface area contributed by atoms with Gasteiger partial charge in [-0.3, -0.25) is 9.69 Å². The van der Waals surface area contributed by atoms with Crippen LogP contribution in [-0.4, -0.2) is 46.1 Å². The number of hydrogen-bond acceptors (Lipinski definition) is 4. The van der Waals surface area contributed by atoms with Crippen molar-refractivity contribution in [3.8, 4) is 0 Å². The van der Waals surface area contributed by atoms with Crippen LogP contribution in [0.1, 0.15) is 47.2 Å². The third-order valence-electron chi connectivity index (χ3n) is 7.68. The zero-order valence-corrected chi connectivity index (χ0v) is 18.1. The van der Waals surface area contributed by atoms with E-state index in [9.17, 15) is 14.7 Å². The van der Waals surface area contributed by atoms with Crippen molar-refractivity contribution in [2.24, 2.45) is 17.8 Å². The molecule has 2 aromatic rings. The van der Waals surface area contributed by atoms with E-state index in [0.717, 1.165) is 50.9 Å². The Hall–Kier alpha value is -2.70. The Kier molecular flexibility index (Phi) is 5.51. The smallest absolute Gasteiger partial charge is 0.335 e. The van der Waals surface area contributed by atoms with Gasteiger partial charge in [-0.1, -0.05) is 55.3 Å². The van der Waals surface area contributed by atoms with Gasteiger partial charge in [0.1, 0.15) is 0 Å². The van der Waals surface area contributed by atoms with E-state index < -0.39 is 11.6 Å². The number of aliphatic hydroxyl groups is 1. The molecule has 2 saturated carbocycles. The van der Waals surface area contributed by atoms with Crippen molar-refractivity contribution in [2.45, 2.75) is 43.9 Å². The first-order chi connectivity index (χ1) is 15.5. The fourth-order valence-corrected chi connectivity index (χ4v) is 5.82. The molecule has 6 heteroatoms. The van der Waals surface area contributed by atoms with Crippen LogP contribution in [0, 0.1) is 17.8 Å². The number of likely N-dealkylation sites (tertiary alicyclic amines) is 1. The lowest BCUT2D eigenvalue weighted by Gasteiger charge is -2.33. The normalized spacial score (nSPS) is 27.0. The minimum absolute atomic E-state index is 0.0336. The number of aromatic carboxylic acids is 1. The van der Waals surface area contributed by atoms with Crippen LogP contribution in [0.3, 0.4) is 0 Å². The van der Waals surface area contributed by atoms with Gasteiger partial charge in [-0.15, -0.1) is 0 Å². The summed E-state index contributed by atoms with van der Waals surface area (Å²) in [6.07, 6.45) is 3.88. The summed E-state index contributed by atoms with van der Waals surface area (Å²) in [5.41, 5.74) is 0.632. The van der Waals surface area contributed by atoms with Crippen LogP contribution < -0.4 is 5.32 Å². The van der Waals surface area contributed by atoms with Crippen LogP contribution >= 0.6 is 0 Å². The standard InChI is InChI=1S/C26H30N2O4/c29-24(30)18-12-10-17(11-13-18)14-28-15-21-22(16-28)23(21)27-25(31)26(32,20-8-4-5-9-20)19-6-2-1-3-7-19/h1-3,6-7,10-13,20-23,32H,4-5,8-9,14-16H2,(H,27,31)(H,29,30)/t21-,22?,23?,26?/m0/s1. The fourth-order valence-electron chi connectivity index (χ4n) is 5.82. The van der Waals surface area contributed by atoms with E-state index in [1.807, 2.05) is 42.5 Å². The summed E-state index contributed by atoms with van der Waals surface area (Å²) in [6, 6.07) is 16.6. The van der Waals surface area contributed by atoms with Crippen molar-refractivity contribution in [3.05, 3.63) is 71.3 Å². The Morgan fingerprint density at radius 1 is 0.969 bits per heavy atom. The minimum atomic E-state index is -1.46. The quantitative estimate of drug-likeness (QED) is 0.623. The van der Waals surface area contributed by atoms with Gasteiger partial charge in [0, 0.05) is 31.6 Å². The number of nitrogens with zero attached hydrogens (tertiary/aromatic N) is 1. The SMILES string of the molecule is O=C(O)c1ccc(CN2CC3C(NC(=O)C(O)(c4ccccc4)C4CCCC4)[C@H]3C2)cc1. The van der Waals surface area contributed by atoms with E-state index in [-0.39, 0.29) is 17.9 Å². The summed E-state index contributed by atoms with van der Waals surface area (Å²) in [6.45, 7) is 2.59. The van der Waals surface area contributed by atoms with E-state index in [1.165, 1.54) is 0 Å². The highest BCUT2D eigenvalue weighted by molar-refractivity contribution is 5.88. The third-order valence-corrected chi connectivity index (χ3v) is 7.68. The summed E-state index contributed by atoms with van der Waals surface area (Å²) in [4.78, 5) is 26.7. The Labute approximate surface area is 188 Å². The molecule has 1 saturated heterocycles. The fraction of sp³-hybridized carbons (Fsp3) is 0.462. The number of rotatable bonds is 7. The molecular weight excluding hydrogens is 404 g/mol. The van der Waals surface area contributed by atoms with Gasteiger partial charge in [-0.05, 0) is 47.9 Å². The molecule has 2 aromatic carbocycles. The summed E-state index contributed by atoms with van der Waals surface area (Å²) >= 11 is 0. The lowest BCUT2D eigenvalue weighted by molar-refractivity contribution is -0.147. The van der Waals surface area contributed by atoms with E-state index in [1.54, 1.807) is 12.1 Å². The molecule has 3 aliphatic rings. The van der Waals surface area contributed by atoms with Gasteiger partial charge in [-0.25, -0.2) is 4.79 Å². The van der Waals surface area contributed by atoms with E-state index in [2.05, 4.69) is 10.2 Å². The van der Waals surface area contributed by atoms with Gasteiger partial charge in [-0.2, -0.15) is 0 Å².